The van der Waals surface area contributed by atoms with E-state index >= 15 is 0 Å². The first-order chi connectivity index (χ1) is 8.19. The van der Waals surface area contributed by atoms with Crippen LogP contribution in [0.4, 0.5) is 0 Å². The summed E-state index contributed by atoms with van der Waals surface area (Å²) in [5.41, 5.74) is 0. The number of hydrogen-bond donors (Lipinski definition) is 1. The first-order valence-electron chi connectivity index (χ1n) is 5.70. The normalized spacial score (nSPS) is 14.8. The van der Waals surface area contributed by atoms with Crippen LogP contribution >= 0.6 is 0 Å². The average Bonchev–Trinajstić information content (AvgIpc) is 2.77. The van der Waals surface area contributed by atoms with E-state index in [1.807, 2.05) is 13.8 Å². The van der Waals surface area contributed by atoms with E-state index in [-0.39, 0.29) is 12.1 Å². The molecule has 2 atom stereocenters. The van der Waals surface area contributed by atoms with Gasteiger partial charge in [-0.05, 0) is 24.3 Å². The Balaban J connectivity index is 2.54. The van der Waals surface area contributed by atoms with E-state index in [4.69, 9.17) is 9.47 Å². The zero-order valence-electron chi connectivity index (χ0n) is 10.9. The van der Waals surface area contributed by atoms with E-state index in [1.54, 1.807) is 18.9 Å². The van der Waals surface area contributed by atoms with E-state index in [0.29, 0.717) is 13.2 Å². The van der Waals surface area contributed by atoms with Gasteiger partial charge < -0.3 is 14.8 Å². The summed E-state index contributed by atoms with van der Waals surface area (Å²) in [6.45, 7) is 6.09. The smallest absolute Gasteiger partial charge is 0.168 e. The molecule has 1 N–H and O–H groups in total. The molecule has 2 unspecified atom stereocenters. The molecule has 17 heavy (non-hydrogen) atoms. The minimum atomic E-state index is 0.0865. The maximum atomic E-state index is 5.20. The number of aromatic nitrogens is 4. The van der Waals surface area contributed by atoms with Gasteiger partial charge in [-0.1, -0.05) is 0 Å². The summed E-state index contributed by atoms with van der Waals surface area (Å²) < 4.78 is 11.9. The van der Waals surface area contributed by atoms with E-state index < -0.39 is 0 Å². The van der Waals surface area contributed by atoms with Gasteiger partial charge in [0.05, 0.1) is 25.3 Å². The van der Waals surface area contributed by atoms with Crippen molar-refractivity contribution in [3.8, 4) is 0 Å². The van der Waals surface area contributed by atoms with Crippen LogP contribution in [0.15, 0.2) is 0 Å². The molecule has 7 heteroatoms. The van der Waals surface area contributed by atoms with Crippen molar-refractivity contribution in [1.29, 1.82) is 0 Å². The van der Waals surface area contributed by atoms with Gasteiger partial charge in [-0.2, -0.15) is 0 Å². The number of nitrogens with one attached hydrogen (secondary N) is 1. The lowest BCUT2D eigenvalue weighted by Gasteiger charge is -2.15. The van der Waals surface area contributed by atoms with Crippen molar-refractivity contribution in [1.82, 2.24) is 25.5 Å². The second-order valence-corrected chi connectivity index (χ2v) is 3.93. The zero-order chi connectivity index (χ0) is 12.7. The summed E-state index contributed by atoms with van der Waals surface area (Å²) in [5, 5.41) is 15.0. The molecular formula is C10H21N5O2. The summed E-state index contributed by atoms with van der Waals surface area (Å²) in [6.07, 6.45) is 0.0865. The Kier molecular flexibility index (Phi) is 6.03. The molecule has 0 saturated heterocycles. The molecule has 1 heterocycles. The van der Waals surface area contributed by atoms with Crippen LogP contribution in [0.3, 0.4) is 0 Å². The maximum Gasteiger partial charge on any atom is 0.168 e. The fourth-order valence-electron chi connectivity index (χ4n) is 1.44. The summed E-state index contributed by atoms with van der Waals surface area (Å²) in [5.74, 6) is 0.810. The highest BCUT2D eigenvalue weighted by Crippen LogP contribution is 2.08. The van der Waals surface area contributed by atoms with Gasteiger partial charge >= 0.3 is 0 Å². The van der Waals surface area contributed by atoms with Crippen molar-refractivity contribution in [2.75, 3.05) is 27.4 Å². The van der Waals surface area contributed by atoms with Crippen molar-refractivity contribution < 1.29 is 9.47 Å². The van der Waals surface area contributed by atoms with Crippen molar-refractivity contribution in [2.45, 2.75) is 32.5 Å². The van der Waals surface area contributed by atoms with Crippen LogP contribution in [0.1, 0.15) is 25.7 Å². The number of tetrazole rings is 1. The molecule has 0 aliphatic rings. The van der Waals surface area contributed by atoms with Crippen LogP contribution in [0.5, 0.6) is 0 Å². The third kappa shape index (κ3) is 4.37. The quantitative estimate of drug-likeness (QED) is 0.648. The first kappa shape index (κ1) is 14.0. The van der Waals surface area contributed by atoms with Gasteiger partial charge in [-0.3, -0.25) is 0 Å². The average molecular weight is 243 g/mol. The van der Waals surface area contributed by atoms with Gasteiger partial charge in [0.1, 0.15) is 0 Å². The second kappa shape index (κ2) is 7.31. The number of nitrogens with zero attached hydrogens (tertiary/aromatic N) is 4. The van der Waals surface area contributed by atoms with Crippen molar-refractivity contribution >= 4 is 0 Å². The highest BCUT2D eigenvalue weighted by atomic mass is 16.5. The summed E-state index contributed by atoms with van der Waals surface area (Å²) in [4.78, 5) is 0. The zero-order valence-corrected chi connectivity index (χ0v) is 10.9. The number of methoxy groups -OCH3 is 2. The lowest BCUT2D eigenvalue weighted by atomic mass is 10.3. The third-order valence-corrected chi connectivity index (χ3v) is 2.54. The van der Waals surface area contributed by atoms with Crippen LogP contribution in [0.2, 0.25) is 0 Å². The molecule has 0 saturated carbocycles. The molecule has 1 aromatic heterocycles. The van der Waals surface area contributed by atoms with Gasteiger partial charge in [0, 0.05) is 20.8 Å². The van der Waals surface area contributed by atoms with Gasteiger partial charge in [0.15, 0.2) is 5.82 Å². The van der Waals surface area contributed by atoms with E-state index in [0.717, 1.165) is 12.4 Å². The fourth-order valence-corrected chi connectivity index (χ4v) is 1.44. The summed E-state index contributed by atoms with van der Waals surface area (Å²) >= 11 is 0. The molecule has 0 bridgehead atoms. The standard InChI is InChI=1S/C10H21N5O2/c1-8(17-4)7-15-10(12-13-14-15)9(2)11-5-6-16-3/h8-9,11H,5-7H2,1-4H3. The Labute approximate surface area is 101 Å². The Hall–Kier alpha value is -1.05. The Morgan fingerprint density at radius 2 is 2.12 bits per heavy atom. The van der Waals surface area contributed by atoms with Crippen LogP contribution in [0, 0.1) is 0 Å². The van der Waals surface area contributed by atoms with Gasteiger partial charge in [0.2, 0.25) is 0 Å². The molecule has 0 radical (unpaired) electrons. The van der Waals surface area contributed by atoms with Crippen LogP contribution in [-0.2, 0) is 16.0 Å². The Morgan fingerprint density at radius 3 is 2.76 bits per heavy atom. The Morgan fingerprint density at radius 1 is 1.35 bits per heavy atom. The molecular weight excluding hydrogens is 222 g/mol. The number of rotatable bonds is 8. The predicted octanol–water partition coefficient (Wildman–Crippen LogP) is 0.00500. The molecule has 0 aromatic carbocycles. The molecule has 0 amide bonds. The predicted molar refractivity (Wildman–Crippen MR) is 62.6 cm³/mol. The highest BCUT2D eigenvalue weighted by Gasteiger charge is 2.15. The van der Waals surface area contributed by atoms with E-state index in [9.17, 15) is 0 Å². The monoisotopic (exact) mass is 243 g/mol. The van der Waals surface area contributed by atoms with Gasteiger partial charge in [0.25, 0.3) is 0 Å². The molecule has 7 nitrogen and oxygen atoms in total. The van der Waals surface area contributed by atoms with Crippen LogP contribution in [0.25, 0.3) is 0 Å². The SMILES string of the molecule is COCCNC(C)c1nnnn1CC(C)OC. The van der Waals surface area contributed by atoms with Crippen LogP contribution < -0.4 is 5.32 Å². The van der Waals surface area contributed by atoms with Crippen molar-refractivity contribution in [2.24, 2.45) is 0 Å². The molecule has 98 valence electrons. The third-order valence-electron chi connectivity index (χ3n) is 2.54. The van der Waals surface area contributed by atoms with E-state index in [2.05, 4.69) is 20.8 Å². The minimum absolute atomic E-state index is 0.0865. The number of ether oxygens (including phenoxy) is 2. The van der Waals surface area contributed by atoms with Gasteiger partial charge in [-0.15, -0.1) is 5.10 Å². The van der Waals surface area contributed by atoms with Crippen LogP contribution in [-0.4, -0.2) is 53.7 Å². The summed E-state index contributed by atoms with van der Waals surface area (Å²) in [7, 11) is 3.35. The van der Waals surface area contributed by atoms with Crippen molar-refractivity contribution in [3.63, 3.8) is 0 Å². The largest absolute Gasteiger partial charge is 0.383 e. The fraction of sp³-hybridized carbons (Fsp3) is 0.900. The molecule has 0 aliphatic carbocycles. The molecule has 0 fully saturated rings. The second-order valence-electron chi connectivity index (χ2n) is 3.93. The van der Waals surface area contributed by atoms with Crippen molar-refractivity contribution in [3.05, 3.63) is 5.82 Å². The number of hydrogen-bond acceptors (Lipinski definition) is 6. The molecule has 0 aliphatic heterocycles. The first-order valence-corrected chi connectivity index (χ1v) is 5.70. The molecule has 1 aromatic rings. The minimum Gasteiger partial charge on any atom is -0.383 e. The van der Waals surface area contributed by atoms with Gasteiger partial charge in [-0.25, -0.2) is 4.68 Å². The lowest BCUT2D eigenvalue weighted by molar-refractivity contribution is 0.0978. The highest BCUT2D eigenvalue weighted by molar-refractivity contribution is 4.89. The maximum absolute atomic E-state index is 5.20. The van der Waals surface area contributed by atoms with E-state index in [1.165, 1.54) is 0 Å². The Bertz CT molecular complexity index is 317. The lowest BCUT2D eigenvalue weighted by Crippen LogP contribution is -2.27. The molecule has 1 rings (SSSR count). The summed E-state index contributed by atoms with van der Waals surface area (Å²) in [6, 6.07) is 0.0872. The topological polar surface area (TPSA) is 74.1 Å². The molecule has 0 spiro atoms.